The monoisotopic (exact) mass is 710 g/mol. The predicted molar refractivity (Wildman–Crippen MR) is 193 cm³/mol. The zero-order valence-corrected chi connectivity index (χ0v) is 28.8. The van der Waals surface area contributed by atoms with Crippen LogP contribution in [0.4, 0.5) is 19.3 Å². The molecule has 0 aliphatic carbocycles. The number of phenols is 1. The van der Waals surface area contributed by atoms with Gasteiger partial charge in [-0.05, 0) is 80.2 Å². The molecule has 0 unspecified atom stereocenters. The molecule has 0 spiro atoms. The van der Waals surface area contributed by atoms with Crippen LogP contribution in [-0.2, 0) is 4.74 Å². The van der Waals surface area contributed by atoms with Crippen LogP contribution in [0.15, 0.2) is 65.5 Å². The van der Waals surface area contributed by atoms with Gasteiger partial charge in [-0.25, -0.2) is 13.6 Å². The number of carbonyl (C=O) groups excluding carboxylic acids is 1. The number of nitrogens with zero attached hydrogens (tertiary/aromatic N) is 1. The van der Waals surface area contributed by atoms with Crippen molar-refractivity contribution in [3.05, 3.63) is 93.2 Å². The third-order valence-electron chi connectivity index (χ3n) is 9.16. The maximum atomic E-state index is 14.7. The van der Waals surface area contributed by atoms with Gasteiger partial charge in [-0.2, -0.15) is 0 Å². The van der Waals surface area contributed by atoms with Crippen LogP contribution in [0.5, 0.6) is 5.75 Å². The smallest absolute Gasteiger partial charge is 0.412 e. The van der Waals surface area contributed by atoms with Crippen molar-refractivity contribution in [2.24, 2.45) is 0 Å². The summed E-state index contributed by atoms with van der Waals surface area (Å²) in [6, 6.07) is 14.6. The molecule has 3 aromatic carbocycles. The number of aliphatic hydroxyl groups excluding tert-OH is 1. The number of aromatic hydroxyl groups is 1. The molecular formula is C38H45ClF2N4O5. The third kappa shape index (κ3) is 10.5. The van der Waals surface area contributed by atoms with Crippen molar-refractivity contribution >= 4 is 34.3 Å². The van der Waals surface area contributed by atoms with Crippen molar-refractivity contribution in [1.29, 1.82) is 0 Å². The zero-order valence-electron chi connectivity index (χ0n) is 28.0. The average molecular weight is 711 g/mol. The Morgan fingerprint density at radius 1 is 0.980 bits per heavy atom. The van der Waals surface area contributed by atoms with Gasteiger partial charge in [0.2, 0.25) is 5.56 Å². The highest BCUT2D eigenvalue weighted by molar-refractivity contribution is 6.30. The first-order chi connectivity index (χ1) is 24.2. The fourth-order valence-electron chi connectivity index (χ4n) is 6.49. The first-order valence-electron chi connectivity index (χ1n) is 17.4. The average Bonchev–Trinajstić information content (AvgIpc) is 3.09. The van der Waals surface area contributed by atoms with Crippen molar-refractivity contribution in [2.75, 3.05) is 38.0 Å². The Bertz CT molecular complexity index is 1800. The van der Waals surface area contributed by atoms with Crippen LogP contribution in [0.1, 0.15) is 69.5 Å². The topological polar surface area (TPSA) is 127 Å². The summed E-state index contributed by atoms with van der Waals surface area (Å²) in [7, 11) is 0. The van der Waals surface area contributed by atoms with E-state index in [0.29, 0.717) is 46.4 Å². The highest BCUT2D eigenvalue weighted by Crippen LogP contribution is 2.33. The summed E-state index contributed by atoms with van der Waals surface area (Å²) < 4.78 is 34.4. The Hall–Kier alpha value is -4.03. The van der Waals surface area contributed by atoms with Crippen molar-refractivity contribution in [3.63, 3.8) is 0 Å². The van der Waals surface area contributed by atoms with Gasteiger partial charge >= 0.3 is 6.09 Å². The molecule has 0 radical (unpaired) electrons. The molecular weight excluding hydrogens is 666 g/mol. The molecule has 1 fully saturated rings. The van der Waals surface area contributed by atoms with Crippen molar-refractivity contribution in [3.8, 4) is 16.9 Å². The van der Waals surface area contributed by atoms with E-state index in [9.17, 15) is 28.6 Å². The van der Waals surface area contributed by atoms with Gasteiger partial charge in [0.05, 0.1) is 17.3 Å². The molecule has 9 nitrogen and oxygen atoms in total. The third-order valence-corrected chi connectivity index (χ3v) is 9.39. The Labute approximate surface area is 295 Å². The van der Waals surface area contributed by atoms with E-state index < -0.39 is 23.8 Å². The van der Waals surface area contributed by atoms with Crippen molar-refractivity contribution in [2.45, 2.75) is 70.0 Å². The fraction of sp³-hybridized carbons (Fsp3) is 0.421. The van der Waals surface area contributed by atoms with Gasteiger partial charge < -0.3 is 30.2 Å². The molecule has 50 heavy (non-hydrogen) atoms. The normalized spacial score (nSPS) is 14.6. The predicted octanol–water partition coefficient (Wildman–Crippen LogP) is 7.90. The highest BCUT2D eigenvalue weighted by Gasteiger charge is 2.24. The van der Waals surface area contributed by atoms with Crippen LogP contribution in [0.25, 0.3) is 22.0 Å². The summed E-state index contributed by atoms with van der Waals surface area (Å²) in [5, 5.41) is 27.5. The van der Waals surface area contributed by atoms with Crippen LogP contribution in [0.2, 0.25) is 5.02 Å². The number of rotatable bonds is 16. The number of aliphatic hydroxyl groups is 1. The molecule has 1 atom stereocenters. The minimum Gasteiger partial charge on any atom is -0.506 e. The lowest BCUT2D eigenvalue weighted by atomic mass is 10.0. The van der Waals surface area contributed by atoms with E-state index >= 15 is 0 Å². The molecule has 2 heterocycles. The number of unbranched alkanes of at least 4 members (excludes halogenated alkanes) is 6. The summed E-state index contributed by atoms with van der Waals surface area (Å²) in [5.41, 5.74) is 1.20. The Morgan fingerprint density at radius 2 is 1.72 bits per heavy atom. The Kier molecular flexibility index (Phi) is 13.6. The second kappa shape index (κ2) is 18.3. The number of halogens is 3. The van der Waals surface area contributed by atoms with Crippen LogP contribution in [0.3, 0.4) is 0 Å². The molecule has 5 rings (SSSR count). The van der Waals surface area contributed by atoms with E-state index in [0.717, 1.165) is 70.4 Å². The first-order valence-corrected chi connectivity index (χ1v) is 17.7. The number of hydrogen-bond acceptors (Lipinski definition) is 7. The van der Waals surface area contributed by atoms with E-state index in [2.05, 4.69) is 20.5 Å². The number of piperidine rings is 1. The number of fused-ring (bicyclic) bond motifs is 1. The summed E-state index contributed by atoms with van der Waals surface area (Å²) in [4.78, 5) is 29.3. The molecule has 1 aromatic heterocycles. The Balaban J connectivity index is 0.904. The van der Waals surface area contributed by atoms with Gasteiger partial charge in [-0.1, -0.05) is 61.9 Å². The van der Waals surface area contributed by atoms with Crippen LogP contribution >= 0.6 is 11.6 Å². The largest absolute Gasteiger partial charge is 0.506 e. The van der Waals surface area contributed by atoms with Crippen molar-refractivity contribution in [1.82, 2.24) is 15.2 Å². The van der Waals surface area contributed by atoms with Gasteiger partial charge in [0.25, 0.3) is 0 Å². The fourth-order valence-corrected chi connectivity index (χ4v) is 6.68. The second-order valence-electron chi connectivity index (χ2n) is 12.9. The molecule has 1 aliphatic rings. The first kappa shape index (κ1) is 37.2. The maximum Gasteiger partial charge on any atom is 0.412 e. The second-order valence-corrected chi connectivity index (χ2v) is 13.3. The molecule has 4 aromatic rings. The number of aromatic amines is 1. The molecule has 1 aliphatic heterocycles. The zero-order chi connectivity index (χ0) is 35.5. The standard InChI is InChI=1S/C38H45ClF2N4O5/c39-26-10-8-9-25(21-26)31-22-27(40)23-32(41)36(31)44-38(49)50-28-15-19-45(20-16-28)18-7-5-3-1-2-4-6-17-42-24-34(47)29-11-13-33(46)37-30(29)12-14-35(48)43-37/h8-14,21-23,28,34,42,46-47H,1-7,15-20,24H2,(H,43,48)(H,44,49)/t34-/m0/s1. The van der Waals surface area contributed by atoms with E-state index in [-0.39, 0.29) is 28.7 Å². The quantitative estimate of drug-likeness (QED) is 0.0749. The Morgan fingerprint density at radius 3 is 2.48 bits per heavy atom. The molecule has 268 valence electrons. The molecule has 12 heteroatoms. The molecule has 0 bridgehead atoms. The number of hydrogen-bond donors (Lipinski definition) is 5. The summed E-state index contributed by atoms with van der Waals surface area (Å²) in [6.45, 7) is 3.83. The lowest BCUT2D eigenvalue weighted by Gasteiger charge is -2.31. The number of nitrogens with one attached hydrogen (secondary N) is 3. The number of ether oxygens (including phenoxy) is 1. The number of aromatic nitrogens is 1. The minimum absolute atomic E-state index is 0.0217. The van der Waals surface area contributed by atoms with Gasteiger partial charge in [-0.15, -0.1) is 0 Å². The number of anilines is 1. The number of H-pyrrole nitrogens is 1. The maximum absolute atomic E-state index is 14.7. The SMILES string of the molecule is O=C(Nc1c(F)cc(F)cc1-c1cccc(Cl)c1)OC1CCN(CCCCCCCCCNC[C@H](O)c2ccc(O)c3[nH]c(=O)ccc23)CC1. The van der Waals surface area contributed by atoms with Gasteiger partial charge in [0.15, 0.2) is 0 Å². The van der Waals surface area contributed by atoms with E-state index in [4.69, 9.17) is 16.3 Å². The van der Waals surface area contributed by atoms with Crippen LogP contribution in [-0.4, -0.2) is 65.0 Å². The lowest BCUT2D eigenvalue weighted by Crippen LogP contribution is -2.39. The van der Waals surface area contributed by atoms with Gasteiger partial charge in [0.1, 0.15) is 23.5 Å². The summed E-state index contributed by atoms with van der Waals surface area (Å²) in [5.74, 6) is -1.67. The number of amides is 1. The number of likely N-dealkylation sites (tertiary alicyclic amines) is 1. The molecule has 1 saturated heterocycles. The van der Waals surface area contributed by atoms with E-state index in [1.165, 1.54) is 25.0 Å². The van der Waals surface area contributed by atoms with Gasteiger partial charge in [-0.3, -0.25) is 10.1 Å². The highest BCUT2D eigenvalue weighted by atomic mass is 35.5. The summed E-state index contributed by atoms with van der Waals surface area (Å²) in [6.07, 6.45) is 7.51. The molecule has 0 saturated carbocycles. The number of carbonyl (C=O) groups is 1. The number of phenolic OH excluding ortho intramolecular Hbond substituents is 1. The molecule has 5 N–H and O–H groups in total. The number of benzene rings is 3. The number of pyridine rings is 1. The van der Waals surface area contributed by atoms with Crippen LogP contribution < -0.4 is 16.2 Å². The lowest BCUT2D eigenvalue weighted by molar-refractivity contribution is 0.0584. The van der Waals surface area contributed by atoms with Crippen LogP contribution in [0, 0.1) is 11.6 Å². The van der Waals surface area contributed by atoms with E-state index in [1.807, 2.05) is 0 Å². The van der Waals surface area contributed by atoms with Crippen molar-refractivity contribution < 1.29 is 28.5 Å². The molecule has 1 amide bonds. The minimum atomic E-state index is -0.890. The summed E-state index contributed by atoms with van der Waals surface area (Å²) >= 11 is 6.07. The van der Waals surface area contributed by atoms with Gasteiger partial charge in [0, 0.05) is 47.7 Å². The van der Waals surface area contributed by atoms with E-state index in [1.54, 1.807) is 36.4 Å².